The van der Waals surface area contributed by atoms with Crippen molar-refractivity contribution in [1.29, 1.82) is 0 Å². The minimum absolute atomic E-state index is 0. The van der Waals surface area contributed by atoms with Crippen molar-refractivity contribution in [3.63, 3.8) is 0 Å². The number of hydrogen-bond acceptors (Lipinski definition) is 3. The molecule has 2 aromatic carbocycles. The van der Waals surface area contributed by atoms with E-state index in [4.69, 9.17) is 9.47 Å². The van der Waals surface area contributed by atoms with Gasteiger partial charge in [-0.15, -0.1) is 0 Å². The summed E-state index contributed by atoms with van der Waals surface area (Å²) in [5.41, 5.74) is 3.72. The van der Waals surface area contributed by atoms with Crippen molar-refractivity contribution in [3.8, 4) is 11.5 Å². The van der Waals surface area contributed by atoms with Gasteiger partial charge < -0.3 is 32.2 Å². The molecule has 0 radical (unpaired) electrons. The van der Waals surface area contributed by atoms with E-state index in [9.17, 15) is 0 Å². The lowest BCUT2D eigenvalue weighted by Crippen LogP contribution is -3.00. The number of ether oxygens (including phenoxy) is 2. The molecule has 3 aromatic rings. The second-order valence-corrected chi connectivity index (χ2v) is 6.10. The standard InChI is InChI=1S/C22H26N2O2.ClH/c1-3-13-26-21-10-9-17(14-22(21)25-4-2)15-23-12-11-18-16-24-20-8-6-5-7-19(18)20;/h3,5-10,14,16,23-24H,1,4,11-13,15H2,2H3;1H/p-1. The smallest absolute Gasteiger partial charge is 0.161 e. The largest absolute Gasteiger partial charge is 1.00 e. The number of halogens is 1. The van der Waals surface area contributed by atoms with Crippen molar-refractivity contribution in [3.05, 3.63) is 72.4 Å². The second kappa shape index (κ2) is 10.7. The lowest BCUT2D eigenvalue weighted by atomic mass is 10.1. The summed E-state index contributed by atoms with van der Waals surface area (Å²) < 4.78 is 11.3. The van der Waals surface area contributed by atoms with Gasteiger partial charge in [0.15, 0.2) is 11.5 Å². The van der Waals surface area contributed by atoms with Gasteiger partial charge in [-0.05, 0) is 49.2 Å². The van der Waals surface area contributed by atoms with E-state index in [1.165, 1.54) is 22.0 Å². The Hall–Kier alpha value is -2.43. The molecule has 0 spiro atoms. The number of rotatable bonds is 10. The Bertz CT molecular complexity index is 860. The summed E-state index contributed by atoms with van der Waals surface area (Å²) in [4.78, 5) is 3.33. The first kappa shape index (κ1) is 20.9. The van der Waals surface area contributed by atoms with E-state index in [0.29, 0.717) is 13.2 Å². The molecule has 0 saturated heterocycles. The monoisotopic (exact) mass is 385 g/mol. The highest BCUT2D eigenvalue weighted by Gasteiger charge is 2.07. The first-order chi connectivity index (χ1) is 12.8. The lowest BCUT2D eigenvalue weighted by Gasteiger charge is -2.13. The molecule has 1 aromatic heterocycles. The molecular weight excluding hydrogens is 360 g/mol. The van der Waals surface area contributed by atoms with Crippen LogP contribution < -0.4 is 27.2 Å². The minimum Gasteiger partial charge on any atom is -1.00 e. The molecule has 4 nitrogen and oxygen atoms in total. The van der Waals surface area contributed by atoms with Crippen LogP contribution in [-0.2, 0) is 13.0 Å². The molecule has 1 heterocycles. The zero-order valence-electron chi connectivity index (χ0n) is 15.6. The van der Waals surface area contributed by atoms with Crippen LogP contribution in [0.15, 0.2) is 61.3 Å². The number of benzene rings is 2. The van der Waals surface area contributed by atoms with Gasteiger partial charge in [-0.1, -0.05) is 36.9 Å². The first-order valence-corrected chi connectivity index (χ1v) is 9.07. The molecule has 5 heteroatoms. The normalized spacial score (nSPS) is 10.4. The Labute approximate surface area is 167 Å². The van der Waals surface area contributed by atoms with Gasteiger partial charge in [-0.25, -0.2) is 0 Å². The van der Waals surface area contributed by atoms with Crippen LogP contribution >= 0.6 is 0 Å². The molecule has 0 aliphatic rings. The Morgan fingerprint density at radius 1 is 1.11 bits per heavy atom. The Balaban J connectivity index is 0.00000261. The van der Waals surface area contributed by atoms with Crippen molar-refractivity contribution >= 4 is 10.9 Å². The second-order valence-electron chi connectivity index (χ2n) is 6.10. The highest BCUT2D eigenvalue weighted by atomic mass is 35.5. The molecule has 0 fully saturated rings. The molecule has 0 aliphatic carbocycles. The van der Waals surface area contributed by atoms with Crippen LogP contribution in [0.3, 0.4) is 0 Å². The fourth-order valence-corrected chi connectivity index (χ4v) is 2.99. The van der Waals surface area contributed by atoms with E-state index in [2.05, 4.69) is 53.4 Å². The van der Waals surface area contributed by atoms with E-state index in [1.54, 1.807) is 6.08 Å². The van der Waals surface area contributed by atoms with E-state index in [1.807, 2.05) is 19.1 Å². The lowest BCUT2D eigenvalue weighted by molar-refractivity contribution is -0.00000614. The molecule has 0 bridgehead atoms. The maximum atomic E-state index is 5.70. The molecular formula is C22H26ClN2O2-. The third-order valence-electron chi connectivity index (χ3n) is 4.24. The molecule has 0 amide bonds. The molecule has 0 atom stereocenters. The van der Waals surface area contributed by atoms with Gasteiger partial charge >= 0.3 is 0 Å². The Morgan fingerprint density at radius 3 is 2.78 bits per heavy atom. The highest BCUT2D eigenvalue weighted by Crippen LogP contribution is 2.28. The summed E-state index contributed by atoms with van der Waals surface area (Å²) in [7, 11) is 0. The van der Waals surface area contributed by atoms with Gasteiger partial charge in [0.2, 0.25) is 0 Å². The predicted molar refractivity (Wildman–Crippen MR) is 107 cm³/mol. The number of aromatic nitrogens is 1. The Morgan fingerprint density at radius 2 is 1.96 bits per heavy atom. The van der Waals surface area contributed by atoms with Crippen LogP contribution in [0, 0.1) is 0 Å². The molecule has 2 N–H and O–H groups in total. The maximum absolute atomic E-state index is 5.70. The van der Waals surface area contributed by atoms with Crippen LogP contribution in [-0.4, -0.2) is 24.7 Å². The number of para-hydroxylation sites is 1. The van der Waals surface area contributed by atoms with Crippen molar-refractivity contribution in [2.24, 2.45) is 0 Å². The van der Waals surface area contributed by atoms with Gasteiger partial charge in [-0.2, -0.15) is 0 Å². The van der Waals surface area contributed by atoms with Crippen molar-refractivity contribution in [2.75, 3.05) is 19.8 Å². The minimum atomic E-state index is 0. The number of aromatic amines is 1. The summed E-state index contributed by atoms with van der Waals surface area (Å²) in [6.07, 6.45) is 4.82. The quantitative estimate of drug-likeness (QED) is 0.410. The van der Waals surface area contributed by atoms with Gasteiger partial charge in [0, 0.05) is 23.6 Å². The third kappa shape index (κ3) is 5.52. The van der Waals surface area contributed by atoms with Gasteiger partial charge in [-0.3, -0.25) is 0 Å². The average molecular weight is 386 g/mol. The van der Waals surface area contributed by atoms with E-state index >= 15 is 0 Å². The number of hydrogen-bond donors (Lipinski definition) is 2. The van der Waals surface area contributed by atoms with Crippen LogP contribution in [0.2, 0.25) is 0 Å². The molecule has 3 rings (SSSR count). The summed E-state index contributed by atoms with van der Waals surface area (Å²) in [6, 6.07) is 14.5. The highest BCUT2D eigenvalue weighted by molar-refractivity contribution is 5.83. The van der Waals surface area contributed by atoms with E-state index in [0.717, 1.165) is 31.0 Å². The van der Waals surface area contributed by atoms with Gasteiger partial charge in [0.25, 0.3) is 0 Å². The van der Waals surface area contributed by atoms with Crippen LogP contribution in [0.1, 0.15) is 18.1 Å². The number of nitrogens with one attached hydrogen (secondary N) is 2. The SMILES string of the molecule is C=CCOc1ccc(CNCCc2c[nH]c3ccccc23)cc1OCC.[Cl-]. The van der Waals surface area contributed by atoms with Crippen molar-refractivity contribution in [2.45, 2.75) is 19.9 Å². The van der Waals surface area contributed by atoms with Crippen molar-refractivity contribution in [1.82, 2.24) is 10.3 Å². The van der Waals surface area contributed by atoms with Crippen LogP contribution in [0.25, 0.3) is 10.9 Å². The fraction of sp³-hybridized carbons (Fsp3) is 0.273. The number of H-pyrrole nitrogens is 1. The van der Waals surface area contributed by atoms with Crippen LogP contribution in [0.5, 0.6) is 11.5 Å². The third-order valence-corrected chi connectivity index (χ3v) is 4.24. The average Bonchev–Trinajstić information content (AvgIpc) is 3.08. The molecule has 144 valence electrons. The summed E-state index contributed by atoms with van der Waals surface area (Å²) in [5.74, 6) is 1.54. The molecule has 0 aliphatic heterocycles. The molecule has 0 saturated carbocycles. The maximum Gasteiger partial charge on any atom is 0.161 e. The van der Waals surface area contributed by atoms with Crippen LogP contribution in [0.4, 0.5) is 0 Å². The Kier molecular flexibility index (Phi) is 8.24. The van der Waals surface area contributed by atoms with Crippen molar-refractivity contribution < 1.29 is 21.9 Å². The van der Waals surface area contributed by atoms with Gasteiger partial charge in [0.05, 0.1) is 6.61 Å². The first-order valence-electron chi connectivity index (χ1n) is 9.07. The summed E-state index contributed by atoms with van der Waals surface area (Å²) >= 11 is 0. The molecule has 27 heavy (non-hydrogen) atoms. The predicted octanol–water partition coefficient (Wildman–Crippen LogP) is 1.47. The fourth-order valence-electron chi connectivity index (χ4n) is 2.99. The zero-order chi connectivity index (χ0) is 18.2. The van der Waals surface area contributed by atoms with Gasteiger partial charge in [0.1, 0.15) is 6.61 Å². The number of fused-ring (bicyclic) bond motifs is 1. The van der Waals surface area contributed by atoms with E-state index in [-0.39, 0.29) is 12.4 Å². The summed E-state index contributed by atoms with van der Waals surface area (Å²) in [5, 5.41) is 4.81. The summed E-state index contributed by atoms with van der Waals surface area (Å²) in [6.45, 7) is 8.46. The topological polar surface area (TPSA) is 46.3 Å². The zero-order valence-corrected chi connectivity index (χ0v) is 16.4. The van der Waals surface area contributed by atoms with E-state index < -0.39 is 0 Å². The molecule has 0 unspecified atom stereocenters.